The summed E-state index contributed by atoms with van der Waals surface area (Å²) in [5.41, 5.74) is 1.46. The zero-order chi connectivity index (χ0) is 18.8. The van der Waals surface area contributed by atoms with Gasteiger partial charge in [0.25, 0.3) is 0 Å². The summed E-state index contributed by atoms with van der Waals surface area (Å²) in [6.45, 7) is 0.695. The Balaban J connectivity index is 1.48. The van der Waals surface area contributed by atoms with E-state index in [4.69, 9.17) is 4.74 Å². The van der Waals surface area contributed by atoms with Crippen molar-refractivity contribution in [3.05, 3.63) is 18.2 Å². The Morgan fingerprint density at radius 1 is 1.22 bits per heavy atom. The minimum atomic E-state index is -0.125. The van der Waals surface area contributed by atoms with Gasteiger partial charge in [0, 0.05) is 24.7 Å². The molecule has 3 fully saturated rings. The van der Waals surface area contributed by atoms with E-state index in [1.54, 1.807) is 12.0 Å². The second kappa shape index (κ2) is 7.89. The molecule has 1 aromatic carbocycles. The molecule has 2 N–H and O–H groups in total. The Labute approximate surface area is 160 Å². The zero-order valence-corrected chi connectivity index (χ0v) is 16.0. The van der Waals surface area contributed by atoms with Crippen LogP contribution in [0.25, 0.3) is 0 Å². The number of carbonyl (C=O) groups excluding carboxylic acids is 2. The molecule has 6 nitrogen and oxygen atoms in total. The standard InChI is InChI=1S/C21H29N3O3/c1-27-19-10-9-15(13-18(19)24-11-5-4-8-20(24)25)22-21(26)17-12-14-6-2-3-7-16(14)23-17/h9-10,13-14,16-17,23H,2-8,11-12H2,1H3,(H,22,26). The van der Waals surface area contributed by atoms with E-state index in [-0.39, 0.29) is 17.9 Å². The Morgan fingerprint density at radius 3 is 2.85 bits per heavy atom. The lowest BCUT2D eigenvalue weighted by Crippen LogP contribution is -2.40. The average molecular weight is 371 g/mol. The molecule has 6 heteroatoms. The topological polar surface area (TPSA) is 70.7 Å². The predicted octanol–water partition coefficient (Wildman–Crippen LogP) is 3.07. The van der Waals surface area contributed by atoms with Gasteiger partial charge in [-0.2, -0.15) is 0 Å². The van der Waals surface area contributed by atoms with Crippen LogP contribution in [0.4, 0.5) is 11.4 Å². The maximum absolute atomic E-state index is 12.8. The van der Waals surface area contributed by atoms with Crippen molar-refractivity contribution in [2.24, 2.45) is 5.92 Å². The van der Waals surface area contributed by atoms with Crippen LogP contribution in [0.3, 0.4) is 0 Å². The van der Waals surface area contributed by atoms with E-state index in [9.17, 15) is 9.59 Å². The number of ether oxygens (including phenoxy) is 1. The molecular weight excluding hydrogens is 342 g/mol. The van der Waals surface area contributed by atoms with E-state index in [0.717, 1.165) is 24.9 Å². The van der Waals surface area contributed by atoms with Crippen LogP contribution in [-0.4, -0.2) is 37.6 Å². The number of amides is 2. The van der Waals surface area contributed by atoms with Crippen molar-refractivity contribution in [1.29, 1.82) is 0 Å². The van der Waals surface area contributed by atoms with Gasteiger partial charge in [-0.05, 0) is 56.2 Å². The fourth-order valence-corrected chi connectivity index (χ4v) is 4.79. The molecule has 1 aromatic rings. The molecule has 3 atom stereocenters. The third kappa shape index (κ3) is 3.81. The van der Waals surface area contributed by atoms with Crippen LogP contribution in [0.5, 0.6) is 5.75 Å². The smallest absolute Gasteiger partial charge is 0.241 e. The molecule has 3 aliphatic rings. The molecule has 0 aromatic heterocycles. The van der Waals surface area contributed by atoms with Crippen molar-refractivity contribution in [2.75, 3.05) is 23.9 Å². The molecule has 2 amide bonds. The van der Waals surface area contributed by atoms with Gasteiger partial charge in [0.05, 0.1) is 18.8 Å². The highest BCUT2D eigenvalue weighted by Gasteiger charge is 2.38. The van der Waals surface area contributed by atoms with Crippen molar-refractivity contribution >= 4 is 23.2 Å². The summed E-state index contributed by atoms with van der Waals surface area (Å²) < 4.78 is 5.45. The SMILES string of the molecule is COc1ccc(NC(=O)C2CC3CCCCC3N2)cc1N1CCCCC1=O. The number of benzene rings is 1. The van der Waals surface area contributed by atoms with Crippen LogP contribution in [-0.2, 0) is 9.59 Å². The number of hydrogen-bond donors (Lipinski definition) is 2. The van der Waals surface area contributed by atoms with Gasteiger partial charge in [-0.25, -0.2) is 0 Å². The number of hydrogen-bond acceptors (Lipinski definition) is 4. The zero-order valence-electron chi connectivity index (χ0n) is 16.0. The highest BCUT2D eigenvalue weighted by atomic mass is 16.5. The summed E-state index contributed by atoms with van der Waals surface area (Å²) in [5, 5.41) is 6.56. The van der Waals surface area contributed by atoms with Crippen LogP contribution < -0.4 is 20.3 Å². The number of rotatable bonds is 4. The predicted molar refractivity (Wildman–Crippen MR) is 105 cm³/mol. The molecule has 1 saturated carbocycles. The summed E-state index contributed by atoms with van der Waals surface area (Å²) in [6, 6.07) is 5.90. The van der Waals surface area contributed by atoms with E-state index in [1.165, 1.54) is 25.7 Å². The lowest BCUT2D eigenvalue weighted by atomic mass is 9.85. The quantitative estimate of drug-likeness (QED) is 0.853. The fraction of sp³-hybridized carbons (Fsp3) is 0.619. The van der Waals surface area contributed by atoms with E-state index in [1.807, 2.05) is 18.2 Å². The minimum Gasteiger partial charge on any atom is -0.495 e. The van der Waals surface area contributed by atoms with Crippen LogP contribution in [0.2, 0.25) is 0 Å². The molecular formula is C21H29N3O3. The molecule has 27 heavy (non-hydrogen) atoms. The Bertz CT molecular complexity index is 707. The lowest BCUT2D eigenvalue weighted by Gasteiger charge is -2.28. The summed E-state index contributed by atoms with van der Waals surface area (Å²) in [4.78, 5) is 26.9. The van der Waals surface area contributed by atoms with Gasteiger partial charge in [0.15, 0.2) is 0 Å². The number of methoxy groups -OCH3 is 1. The van der Waals surface area contributed by atoms with Gasteiger partial charge in [-0.15, -0.1) is 0 Å². The molecule has 0 spiro atoms. The van der Waals surface area contributed by atoms with Gasteiger partial charge >= 0.3 is 0 Å². The molecule has 3 unspecified atom stereocenters. The molecule has 146 valence electrons. The Kier molecular flexibility index (Phi) is 5.34. The first kappa shape index (κ1) is 18.3. The van der Waals surface area contributed by atoms with E-state index in [2.05, 4.69) is 10.6 Å². The van der Waals surface area contributed by atoms with Crippen LogP contribution in [0.15, 0.2) is 18.2 Å². The maximum Gasteiger partial charge on any atom is 0.241 e. The van der Waals surface area contributed by atoms with Gasteiger partial charge in [0.1, 0.15) is 5.75 Å². The van der Waals surface area contributed by atoms with Crippen molar-refractivity contribution in [2.45, 2.75) is 63.5 Å². The number of nitrogens with one attached hydrogen (secondary N) is 2. The van der Waals surface area contributed by atoms with Crippen LogP contribution in [0, 0.1) is 5.92 Å². The Morgan fingerprint density at radius 2 is 2.07 bits per heavy atom. The van der Waals surface area contributed by atoms with Crippen molar-refractivity contribution < 1.29 is 14.3 Å². The number of carbonyl (C=O) groups is 2. The van der Waals surface area contributed by atoms with E-state index < -0.39 is 0 Å². The van der Waals surface area contributed by atoms with Gasteiger partial charge in [-0.1, -0.05) is 12.8 Å². The second-order valence-electron chi connectivity index (χ2n) is 7.98. The number of nitrogens with zero attached hydrogens (tertiary/aromatic N) is 1. The lowest BCUT2D eigenvalue weighted by molar-refractivity contribution is -0.119. The van der Waals surface area contributed by atoms with Gasteiger partial charge < -0.3 is 20.3 Å². The average Bonchev–Trinajstić information content (AvgIpc) is 3.13. The fourth-order valence-electron chi connectivity index (χ4n) is 4.79. The first-order valence-electron chi connectivity index (χ1n) is 10.2. The summed E-state index contributed by atoms with van der Waals surface area (Å²) in [7, 11) is 1.61. The van der Waals surface area contributed by atoms with Gasteiger partial charge in [0.2, 0.25) is 11.8 Å². The molecule has 0 bridgehead atoms. The third-order valence-corrected chi connectivity index (χ3v) is 6.24. The minimum absolute atomic E-state index is 0.0190. The van der Waals surface area contributed by atoms with E-state index >= 15 is 0 Å². The van der Waals surface area contributed by atoms with Crippen molar-refractivity contribution in [3.8, 4) is 5.75 Å². The summed E-state index contributed by atoms with van der Waals surface area (Å²) in [5.74, 6) is 1.43. The third-order valence-electron chi connectivity index (χ3n) is 6.24. The summed E-state index contributed by atoms with van der Waals surface area (Å²) >= 11 is 0. The Hall–Kier alpha value is -2.08. The number of piperidine rings is 1. The molecule has 2 saturated heterocycles. The second-order valence-corrected chi connectivity index (χ2v) is 7.98. The molecule has 2 aliphatic heterocycles. The molecule has 4 rings (SSSR count). The first-order valence-corrected chi connectivity index (χ1v) is 10.2. The van der Waals surface area contributed by atoms with Crippen LogP contribution >= 0.6 is 0 Å². The molecule has 1 aliphatic carbocycles. The molecule has 0 radical (unpaired) electrons. The van der Waals surface area contributed by atoms with Crippen molar-refractivity contribution in [1.82, 2.24) is 5.32 Å². The largest absolute Gasteiger partial charge is 0.495 e. The highest BCUT2D eigenvalue weighted by molar-refractivity contribution is 5.99. The number of anilines is 2. The normalized spacial score (nSPS) is 28.0. The van der Waals surface area contributed by atoms with Crippen LogP contribution in [0.1, 0.15) is 51.4 Å². The summed E-state index contributed by atoms with van der Waals surface area (Å²) in [6.07, 6.45) is 8.35. The van der Waals surface area contributed by atoms with E-state index in [0.29, 0.717) is 36.4 Å². The monoisotopic (exact) mass is 371 g/mol. The number of fused-ring (bicyclic) bond motifs is 1. The van der Waals surface area contributed by atoms with Gasteiger partial charge in [-0.3, -0.25) is 9.59 Å². The molecule has 2 heterocycles. The first-order chi connectivity index (χ1) is 13.2. The van der Waals surface area contributed by atoms with Crippen molar-refractivity contribution in [3.63, 3.8) is 0 Å². The maximum atomic E-state index is 12.8. The highest BCUT2D eigenvalue weighted by Crippen LogP contribution is 2.35.